The lowest BCUT2D eigenvalue weighted by Gasteiger charge is -2.34. The largest absolute Gasteiger partial charge is 0.363 e. The number of likely N-dealkylation sites (N-methyl/N-ethyl adjacent to an activating group) is 1. The highest BCUT2D eigenvalue weighted by atomic mass is 35.5. The van der Waals surface area contributed by atoms with E-state index in [1.807, 2.05) is 18.2 Å². The van der Waals surface area contributed by atoms with Crippen molar-refractivity contribution in [3.63, 3.8) is 0 Å². The van der Waals surface area contributed by atoms with E-state index in [0.29, 0.717) is 18.9 Å². The van der Waals surface area contributed by atoms with Gasteiger partial charge in [-0.2, -0.15) is 0 Å². The van der Waals surface area contributed by atoms with Crippen molar-refractivity contribution < 1.29 is 4.79 Å². The van der Waals surface area contributed by atoms with E-state index in [1.165, 1.54) is 0 Å². The third-order valence-corrected chi connectivity index (χ3v) is 6.86. The summed E-state index contributed by atoms with van der Waals surface area (Å²) in [5.41, 5.74) is 2.93. The topological polar surface area (TPSA) is 79.2 Å². The van der Waals surface area contributed by atoms with E-state index in [2.05, 4.69) is 56.0 Å². The molecule has 3 aromatic rings. The van der Waals surface area contributed by atoms with Gasteiger partial charge >= 0.3 is 0 Å². The number of rotatable bonds is 6. The number of fused-ring (bicyclic) bond motifs is 1. The van der Waals surface area contributed by atoms with Gasteiger partial charge in [0.05, 0.1) is 12.2 Å². The molecule has 2 aliphatic heterocycles. The molecule has 0 aliphatic carbocycles. The number of hydrogen-bond acceptors (Lipinski definition) is 7. The van der Waals surface area contributed by atoms with Crippen LogP contribution in [0.4, 0.5) is 11.6 Å². The number of anilines is 2. The van der Waals surface area contributed by atoms with Crippen LogP contribution in [0.25, 0.3) is 11.3 Å². The van der Waals surface area contributed by atoms with Crippen molar-refractivity contribution in [3.8, 4) is 11.3 Å². The predicted octanol–water partition coefficient (Wildman–Crippen LogP) is 3.48. The molecule has 34 heavy (non-hydrogen) atoms. The zero-order valence-corrected chi connectivity index (χ0v) is 20.4. The molecular weight excluding hydrogens is 450 g/mol. The molecule has 4 heterocycles. The predicted molar refractivity (Wildman–Crippen MR) is 135 cm³/mol. The molecule has 1 fully saturated rings. The second-order valence-corrected chi connectivity index (χ2v) is 9.78. The number of hydrogen-bond donors (Lipinski definition) is 1. The average Bonchev–Trinajstić information content (AvgIpc) is 3.27. The molecule has 5 rings (SSSR count). The number of imidazole rings is 1. The number of carbonyl (C=O) groups excluding carboxylic acids is 1. The molecule has 0 bridgehead atoms. The molecule has 0 amide bonds. The second kappa shape index (κ2) is 9.72. The van der Waals surface area contributed by atoms with Crippen molar-refractivity contribution in [2.75, 3.05) is 50.5 Å². The van der Waals surface area contributed by atoms with E-state index < -0.39 is 0 Å². The molecule has 1 saturated heterocycles. The summed E-state index contributed by atoms with van der Waals surface area (Å²) in [4.78, 5) is 30.5. The maximum atomic E-state index is 12.0. The standard InChI is InChI=1S/C25H30ClN7O/c1-31(2)10-11-33-15-22(18-4-3-5-19(26)12-18)30-24(33)17-6-8-32(9-7-17)25-21-13-20(34)14-27-23(21)28-16-29-25/h3-5,12,15-17H,6-11,13-14H2,1-2H3,(H,27,28,29). The highest BCUT2D eigenvalue weighted by Gasteiger charge is 2.29. The first-order chi connectivity index (χ1) is 16.5. The fourth-order valence-electron chi connectivity index (χ4n) is 4.81. The molecule has 9 heteroatoms. The lowest BCUT2D eigenvalue weighted by atomic mass is 9.95. The molecule has 0 atom stereocenters. The third-order valence-electron chi connectivity index (χ3n) is 6.63. The maximum Gasteiger partial charge on any atom is 0.156 e. The minimum atomic E-state index is 0.176. The number of benzene rings is 1. The first-order valence-corrected chi connectivity index (χ1v) is 12.2. The molecular formula is C25H30ClN7O. The Morgan fingerprint density at radius 3 is 2.79 bits per heavy atom. The van der Waals surface area contributed by atoms with E-state index in [-0.39, 0.29) is 5.78 Å². The Morgan fingerprint density at radius 1 is 1.21 bits per heavy atom. The SMILES string of the molecule is CN(C)CCn1cc(-c2cccc(Cl)c2)nc1C1CCN(c2ncnc3c2CC(=O)CN3)CC1. The van der Waals surface area contributed by atoms with E-state index in [0.717, 1.165) is 78.3 Å². The zero-order chi connectivity index (χ0) is 23.7. The van der Waals surface area contributed by atoms with Gasteiger partial charge in [-0.25, -0.2) is 15.0 Å². The van der Waals surface area contributed by atoms with Crippen LogP contribution in [0, 0.1) is 0 Å². The monoisotopic (exact) mass is 479 g/mol. The number of halogens is 1. The van der Waals surface area contributed by atoms with Crippen LogP contribution in [-0.4, -0.2) is 70.5 Å². The van der Waals surface area contributed by atoms with Crippen LogP contribution in [0.15, 0.2) is 36.8 Å². The van der Waals surface area contributed by atoms with Gasteiger partial charge in [0, 0.05) is 60.9 Å². The van der Waals surface area contributed by atoms with Crippen LogP contribution >= 0.6 is 11.6 Å². The van der Waals surface area contributed by atoms with Crippen LogP contribution in [0.1, 0.15) is 30.1 Å². The molecule has 1 N–H and O–H groups in total. The normalized spacial score (nSPS) is 16.6. The number of carbonyl (C=O) groups is 1. The fraction of sp³-hybridized carbons (Fsp3) is 0.440. The van der Waals surface area contributed by atoms with Crippen LogP contribution in [0.3, 0.4) is 0 Å². The Hall–Kier alpha value is -2.97. The Morgan fingerprint density at radius 2 is 2.03 bits per heavy atom. The van der Waals surface area contributed by atoms with Crippen molar-refractivity contribution in [2.45, 2.75) is 31.7 Å². The first-order valence-electron chi connectivity index (χ1n) is 11.8. The van der Waals surface area contributed by atoms with Gasteiger partial charge in [0.25, 0.3) is 0 Å². The Labute approximate surface area is 205 Å². The van der Waals surface area contributed by atoms with Gasteiger partial charge in [0.1, 0.15) is 23.8 Å². The molecule has 0 unspecified atom stereocenters. The van der Waals surface area contributed by atoms with E-state index in [1.54, 1.807) is 6.33 Å². The summed E-state index contributed by atoms with van der Waals surface area (Å²) in [6.07, 6.45) is 6.11. The molecule has 0 radical (unpaired) electrons. The summed E-state index contributed by atoms with van der Waals surface area (Å²) in [6, 6.07) is 7.89. The summed E-state index contributed by atoms with van der Waals surface area (Å²) in [5, 5.41) is 3.84. The molecule has 178 valence electrons. The summed E-state index contributed by atoms with van der Waals surface area (Å²) in [5.74, 6) is 3.35. The summed E-state index contributed by atoms with van der Waals surface area (Å²) < 4.78 is 2.31. The van der Waals surface area contributed by atoms with Gasteiger partial charge < -0.3 is 19.7 Å². The quantitative estimate of drug-likeness (QED) is 0.579. The van der Waals surface area contributed by atoms with Crippen LogP contribution in [-0.2, 0) is 17.8 Å². The first kappa shape index (κ1) is 22.8. The Kier molecular flexibility index (Phi) is 6.52. The maximum absolute atomic E-state index is 12.0. The minimum absolute atomic E-state index is 0.176. The fourth-order valence-corrected chi connectivity index (χ4v) is 5.00. The van der Waals surface area contributed by atoms with Crippen LogP contribution in [0.2, 0.25) is 5.02 Å². The number of nitrogens with zero attached hydrogens (tertiary/aromatic N) is 6. The molecule has 8 nitrogen and oxygen atoms in total. The molecule has 0 saturated carbocycles. The molecule has 2 aromatic heterocycles. The smallest absolute Gasteiger partial charge is 0.156 e. The lowest BCUT2D eigenvalue weighted by Crippen LogP contribution is -2.36. The Bertz CT molecular complexity index is 1180. The average molecular weight is 480 g/mol. The van der Waals surface area contributed by atoms with Gasteiger partial charge in [-0.1, -0.05) is 23.7 Å². The Balaban J connectivity index is 1.37. The van der Waals surface area contributed by atoms with Crippen molar-refractivity contribution in [1.29, 1.82) is 0 Å². The highest BCUT2D eigenvalue weighted by Crippen LogP contribution is 2.34. The van der Waals surface area contributed by atoms with Crippen LogP contribution < -0.4 is 10.2 Å². The minimum Gasteiger partial charge on any atom is -0.363 e. The number of ketones is 1. The summed E-state index contributed by atoms with van der Waals surface area (Å²) in [7, 11) is 4.18. The number of Topliss-reactive ketones (excluding diaryl/α,β-unsaturated/α-hetero) is 1. The van der Waals surface area contributed by atoms with Gasteiger partial charge in [-0.15, -0.1) is 0 Å². The highest BCUT2D eigenvalue weighted by molar-refractivity contribution is 6.30. The van der Waals surface area contributed by atoms with Crippen molar-refractivity contribution in [3.05, 3.63) is 53.2 Å². The van der Waals surface area contributed by atoms with Crippen LogP contribution in [0.5, 0.6) is 0 Å². The van der Waals surface area contributed by atoms with Gasteiger partial charge in [-0.3, -0.25) is 4.79 Å². The molecule has 2 aliphatic rings. The number of piperidine rings is 1. The van der Waals surface area contributed by atoms with E-state index in [4.69, 9.17) is 16.6 Å². The lowest BCUT2D eigenvalue weighted by molar-refractivity contribution is -0.117. The van der Waals surface area contributed by atoms with Gasteiger partial charge in [-0.05, 0) is 39.1 Å². The summed E-state index contributed by atoms with van der Waals surface area (Å²) >= 11 is 6.24. The van der Waals surface area contributed by atoms with E-state index >= 15 is 0 Å². The number of nitrogens with one attached hydrogen (secondary N) is 1. The van der Waals surface area contributed by atoms with E-state index in [9.17, 15) is 4.79 Å². The zero-order valence-electron chi connectivity index (χ0n) is 19.7. The van der Waals surface area contributed by atoms with Crippen molar-refractivity contribution in [1.82, 2.24) is 24.4 Å². The van der Waals surface area contributed by atoms with Crippen molar-refractivity contribution >= 4 is 29.0 Å². The summed E-state index contributed by atoms with van der Waals surface area (Å²) in [6.45, 7) is 3.93. The molecule has 1 aromatic carbocycles. The number of aromatic nitrogens is 4. The van der Waals surface area contributed by atoms with Gasteiger partial charge in [0.15, 0.2) is 5.78 Å². The van der Waals surface area contributed by atoms with Gasteiger partial charge in [0.2, 0.25) is 0 Å². The molecule has 0 spiro atoms. The second-order valence-electron chi connectivity index (χ2n) is 9.35. The third kappa shape index (κ3) is 4.79. The van der Waals surface area contributed by atoms with Crippen molar-refractivity contribution in [2.24, 2.45) is 0 Å².